The minimum atomic E-state index is -0.447. The van der Waals surface area contributed by atoms with Crippen molar-refractivity contribution in [1.29, 1.82) is 0 Å². The first-order valence-corrected chi connectivity index (χ1v) is 9.09. The second-order valence-corrected chi connectivity index (χ2v) is 7.95. The number of carbonyl (C=O) groups is 2. The van der Waals surface area contributed by atoms with E-state index in [4.69, 9.17) is 5.73 Å². The maximum Gasteiger partial charge on any atom is 0.248 e. The molecule has 1 aliphatic rings. The Bertz CT molecular complexity index is 1030. The van der Waals surface area contributed by atoms with E-state index in [0.717, 1.165) is 34.5 Å². The van der Waals surface area contributed by atoms with Gasteiger partial charge in [0.1, 0.15) is 0 Å². The van der Waals surface area contributed by atoms with E-state index in [-0.39, 0.29) is 11.2 Å². The lowest BCUT2D eigenvalue weighted by Crippen LogP contribution is -2.28. The topological polar surface area (TPSA) is 65.1 Å². The second kappa shape index (κ2) is 6.23. The highest BCUT2D eigenvalue weighted by Gasteiger charge is 2.35. The van der Waals surface area contributed by atoms with Crippen LogP contribution in [0.5, 0.6) is 0 Å². The van der Waals surface area contributed by atoms with Crippen LogP contribution in [0, 0.1) is 5.41 Å². The molecule has 136 valence electrons. The molecule has 1 aromatic heterocycles. The van der Waals surface area contributed by atoms with E-state index in [1.54, 1.807) is 12.1 Å². The molecule has 3 aromatic rings. The molecule has 1 amide bonds. The molecule has 2 N–H and O–H groups in total. The van der Waals surface area contributed by atoms with Crippen LogP contribution in [0.15, 0.2) is 60.8 Å². The number of aromatic nitrogens is 1. The Kier molecular flexibility index (Phi) is 3.99. The predicted molar refractivity (Wildman–Crippen MR) is 106 cm³/mol. The number of fused-ring (bicyclic) bond motifs is 1. The van der Waals surface area contributed by atoms with Crippen LogP contribution in [-0.4, -0.2) is 16.3 Å². The van der Waals surface area contributed by atoms with Crippen LogP contribution in [0.3, 0.4) is 0 Å². The van der Waals surface area contributed by atoms with Crippen LogP contribution in [0.1, 0.15) is 46.7 Å². The normalized spacial score (nSPS) is 15.4. The Morgan fingerprint density at radius 1 is 1.00 bits per heavy atom. The molecular formula is C23H22N2O2. The van der Waals surface area contributed by atoms with Crippen LogP contribution >= 0.6 is 0 Å². The Morgan fingerprint density at radius 3 is 2.30 bits per heavy atom. The van der Waals surface area contributed by atoms with E-state index in [0.29, 0.717) is 12.0 Å². The second-order valence-electron chi connectivity index (χ2n) is 7.95. The van der Waals surface area contributed by atoms with Crippen molar-refractivity contribution in [2.24, 2.45) is 11.1 Å². The molecule has 1 heterocycles. The third-order valence-electron chi connectivity index (χ3n) is 5.19. The van der Waals surface area contributed by atoms with Crippen molar-refractivity contribution in [2.75, 3.05) is 0 Å². The number of hydrogen-bond donors (Lipinski definition) is 1. The van der Waals surface area contributed by atoms with Gasteiger partial charge in [-0.3, -0.25) is 9.59 Å². The monoisotopic (exact) mass is 358 g/mol. The summed E-state index contributed by atoms with van der Waals surface area (Å²) < 4.78 is 2.08. The molecule has 4 heteroatoms. The first-order valence-electron chi connectivity index (χ1n) is 9.09. The smallest absolute Gasteiger partial charge is 0.248 e. The summed E-state index contributed by atoms with van der Waals surface area (Å²) in [5, 5.41) is 0. The molecule has 1 aliphatic carbocycles. The summed E-state index contributed by atoms with van der Waals surface area (Å²) in [6.45, 7) is 4.26. The summed E-state index contributed by atoms with van der Waals surface area (Å²) in [4.78, 5) is 24.4. The molecule has 0 bridgehead atoms. The lowest BCUT2D eigenvalue weighted by Gasteiger charge is -2.30. The number of nitrogens with two attached hydrogens (primary N) is 1. The SMILES string of the molecule is CC1(C)CC(=O)c2c(-c3ccccc3)cn(-c3ccc(C(N)=O)cc3)c2C1. The van der Waals surface area contributed by atoms with Crippen molar-refractivity contribution >= 4 is 11.7 Å². The number of Topliss-reactive ketones (excluding diaryl/α,β-unsaturated/α-hetero) is 1. The average Bonchev–Trinajstić information content (AvgIpc) is 3.01. The third kappa shape index (κ3) is 3.08. The largest absolute Gasteiger partial charge is 0.366 e. The van der Waals surface area contributed by atoms with E-state index in [9.17, 15) is 9.59 Å². The molecule has 0 aliphatic heterocycles. The maximum atomic E-state index is 13.0. The molecule has 0 saturated carbocycles. The van der Waals surface area contributed by atoms with E-state index >= 15 is 0 Å². The maximum absolute atomic E-state index is 13.0. The van der Waals surface area contributed by atoms with Gasteiger partial charge in [-0.15, -0.1) is 0 Å². The summed E-state index contributed by atoms with van der Waals surface area (Å²) in [5.41, 5.74) is 10.5. The van der Waals surface area contributed by atoms with Crippen molar-refractivity contribution in [1.82, 2.24) is 4.57 Å². The van der Waals surface area contributed by atoms with Crippen LogP contribution in [0.25, 0.3) is 16.8 Å². The average molecular weight is 358 g/mol. The number of rotatable bonds is 3. The van der Waals surface area contributed by atoms with Gasteiger partial charge in [0.25, 0.3) is 0 Å². The number of hydrogen-bond acceptors (Lipinski definition) is 2. The van der Waals surface area contributed by atoms with Gasteiger partial charge >= 0.3 is 0 Å². The van der Waals surface area contributed by atoms with Gasteiger partial charge in [0.15, 0.2) is 5.78 Å². The van der Waals surface area contributed by atoms with Gasteiger partial charge in [0, 0.05) is 40.7 Å². The fourth-order valence-corrected chi connectivity index (χ4v) is 3.92. The van der Waals surface area contributed by atoms with E-state index < -0.39 is 5.91 Å². The summed E-state index contributed by atoms with van der Waals surface area (Å²) >= 11 is 0. The Morgan fingerprint density at radius 2 is 1.67 bits per heavy atom. The van der Waals surface area contributed by atoms with Gasteiger partial charge in [-0.05, 0) is 41.7 Å². The van der Waals surface area contributed by atoms with Crippen molar-refractivity contribution in [3.05, 3.63) is 77.6 Å². The summed E-state index contributed by atoms with van der Waals surface area (Å²) in [6, 6.07) is 17.2. The van der Waals surface area contributed by atoms with Crippen molar-refractivity contribution in [2.45, 2.75) is 26.7 Å². The fourth-order valence-electron chi connectivity index (χ4n) is 3.92. The number of amides is 1. The first kappa shape index (κ1) is 17.3. The van der Waals surface area contributed by atoms with Gasteiger partial charge in [-0.25, -0.2) is 0 Å². The zero-order chi connectivity index (χ0) is 19.2. The molecule has 0 saturated heterocycles. The Hall–Kier alpha value is -3.14. The van der Waals surface area contributed by atoms with Crippen LogP contribution < -0.4 is 5.73 Å². The molecule has 4 nitrogen and oxygen atoms in total. The van der Waals surface area contributed by atoms with Crippen LogP contribution in [0.2, 0.25) is 0 Å². The van der Waals surface area contributed by atoms with Crippen molar-refractivity contribution in [3.63, 3.8) is 0 Å². The summed E-state index contributed by atoms with van der Waals surface area (Å²) in [5.74, 6) is -0.259. The predicted octanol–water partition coefficient (Wildman–Crippen LogP) is 4.40. The molecular weight excluding hydrogens is 336 g/mol. The van der Waals surface area contributed by atoms with Crippen LogP contribution in [0.4, 0.5) is 0 Å². The Labute approximate surface area is 158 Å². The number of benzene rings is 2. The van der Waals surface area contributed by atoms with Gasteiger partial charge in [-0.2, -0.15) is 0 Å². The summed E-state index contributed by atoms with van der Waals surface area (Å²) in [6.07, 6.45) is 3.40. The molecule has 27 heavy (non-hydrogen) atoms. The van der Waals surface area contributed by atoms with E-state index in [1.165, 1.54) is 0 Å². The van der Waals surface area contributed by atoms with E-state index in [1.807, 2.05) is 48.7 Å². The zero-order valence-electron chi connectivity index (χ0n) is 15.5. The number of primary amides is 1. The molecule has 0 radical (unpaired) electrons. The highest BCUT2D eigenvalue weighted by molar-refractivity contribution is 6.05. The quantitative estimate of drug-likeness (QED) is 0.754. The molecule has 0 unspecified atom stereocenters. The highest BCUT2D eigenvalue weighted by atomic mass is 16.1. The van der Waals surface area contributed by atoms with Crippen molar-refractivity contribution in [3.8, 4) is 16.8 Å². The highest BCUT2D eigenvalue weighted by Crippen LogP contribution is 2.41. The van der Waals surface area contributed by atoms with E-state index in [2.05, 4.69) is 18.4 Å². The first-order chi connectivity index (χ1) is 12.9. The molecule has 4 rings (SSSR count). The van der Waals surface area contributed by atoms with Crippen molar-refractivity contribution < 1.29 is 9.59 Å². The molecule has 0 atom stereocenters. The minimum Gasteiger partial charge on any atom is -0.366 e. The van der Waals surface area contributed by atoms with Crippen LogP contribution in [-0.2, 0) is 6.42 Å². The van der Waals surface area contributed by atoms with Gasteiger partial charge in [0.2, 0.25) is 5.91 Å². The third-order valence-corrected chi connectivity index (χ3v) is 5.19. The number of ketones is 1. The molecule has 0 spiro atoms. The Balaban J connectivity index is 1.92. The zero-order valence-corrected chi connectivity index (χ0v) is 15.5. The number of nitrogens with zero attached hydrogens (tertiary/aromatic N) is 1. The lowest BCUT2D eigenvalue weighted by atomic mass is 9.75. The number of carbonyl (C=O) groups excluding carboxylic acids is 2. The van der Waals surface area contributed by atoms with Gasteiger partial charge in [0.05, 0.1) is 0 Å². The summed E-state index contributed by atoms with van der Waals surface area (Å²) in [7, 11) is 0. The standard InChI is InChI=1S/C23H22N2O2/c1-23(2)12-19-21(20(26)13-23)18(15-6-4-3-5-7-15)14-25(19)17-10-8-16(9-11-17)22(24)27/h3-11,14H,12-13H2,1-2H3,(H2,24,27). The lowest BCUT2D eigenvalue weighted by molar-refractivity contribution is 0.0911. The fraction of sp³-hybridized carbons (Fsp3) is 0.217. The van der Waals surface area contributed by atoms with Gasteiger partial charge in [-0.1, -0.05) is 44.2 Å². The molecule has 2 aromatic carbocycles. The minimum absolute atomic E-state index is 0.0820. The molecule has 0 fully saturated rings. The van der Waals surface area contributed by atoms with Gasteiger partial charge < -0.3 is 10.3 Å².